The summed E-state index contributed by atoms with van der Waals surface area (Å²) in [5.74, 6) is 0.920. The van der Waals surface area contributed by atoms with Crippen LogP contribution in [0.3, 0.4) is 0 Å². The Morgan fingerprint density at radius 2 is 1.79 bits per heavy atom. The van der Waals surface area contributed by atoms with E-state index in [-0.39, 0.29) is 5.54 Å². The molecular formula is C12H26N2. The van der Waals surface area contributed by atoms with Gasteiger partial charge in [0.15, 0.2) is 0 Å². The van der Waals surface area contributed by atoms with Crippen LogP contribution in [0.5, 0.6) is 0 Å². The van der Waals surface area contributed by atoms with Crippen LogP contribution in [-0.2, 0) is 0 Å². The highest BCUT2D eigenvalue weighted by Gasteiger charge is 2.34. The Balaban J connectivity index is 2.35. The van der Waals surface area contributed by atoms with Gasteiger partial charge < -0.3 is 11.1 Å². The fourth-order valence-corrected chi connectivity index (χ4v) is 1.87. The molecule has 0 aromatic rings. The van der Waals surface area contributed by atoms with Gasteiger partial charge in [0.1, 0.15) is 0 Å². The molecule has 2 nitrogen and oxygen atoms in total. The molecule has 3 N–H and O–H groups in total. The molecule has 1 saturated carbocycles. The molecule has 14 heavy (non-hydrogen) atoms. The van der Waals surface area contributed by atoms with Gasteiger partial charge in [-0.15, -0.1) is 0 Å². The van der Waals surface area contributed by atoms with Crippen molar-refractivity contribution in [2.75, 3.05) is 13.1 Å². The van der Waals surface area contributed by atoms with Gasteiger partial charge in [-0.05, 0) is 38.0 Å². The Morgan fingerprint density at radius 1 is 1.21 bits per heavy atom. The van der Waals surface area contributed by atoms with E-state index in [0.29, 0.717) is 12.0 Å². The molecule has 0 radical (unpaired) electrons. The lowest BCUT2D eigenvalue weighted by Gasteiger charge is -2.42. The highest BCUT2D eigenvalue weighted by atomic mass is 15.0. The highest BCUT2D eigenvalue weighted by molar-refractivity contribution is 4.89. The lowest BCUT2D eigenvalue weighted by Crippen LogP contribution is -2.51. The predicted octanol–water partition coefficient (Wildman–Crippen LogP) is 2.14. The number of rotatable bonds is 5. The van der Waals surface area contributed by atoms with Crippen molar-refractivity contribution in [1.82, 2.24) is 5.32 Å². The first-order valence-electron chi connectivity index (χ1n) is 5.82. The van der Waals surface area contributed by atoms with Gasteiger partial charge >= 0.3 is 0 Å². The number of hydrogen-bond donors (Lipinski definition) is 2. The number of nitrogens with two attached hydrogens (primary N) is 1. The first-order valence-corrected chi connectivity index (χ1v) is 5.82. The standard InChI is InChI=1S/C12H26N2/c1-11(2,10-6-5-7-10)9-14-12(3,4)8-13/h10,14H,5-9,13H2,1-4H3. The zero-order chi connectivity index (χ0) is 10.8. The molecule has 0 amide bonds. The van der Waals surface area contributed by atoms with E-state index < -0.39 is 0 Å². The molecule has 2 heteroatoms. The second kappa shape index (κ2) is 4.19. The van der Waals surface area contributed by atoms with Gasteiger partial charge in [0.25, 0.3) is 0 Å². The van der Waals surface area contributed by atoms with Gasteiger partial charge in [-0.25, -0.2) is 0 Å². The Labute approximate surface area is 88.6 Å². The van der Waals surface area contributed by atoms with E-state index >= 15 is 0 Å². The van der Waals surface area contributed by atoms with Crippen LogP contribution >= 0.6 is 0 Å². The summed E-state index contributed by atoms with van der Waals surface area (Å²) in [6.07, 6.45) is 4.25. The molecule has 1 rings (SSSR count). The van der Waals surface area contributed by atoms with Crippen LogP contribution in [0, 0.1) is 11.3 Å². The third kappa shape index (κ3) is 2.96. The minimum Gasteiger partial charge on any atom is -0.329 e. The molecule has 0 aliphatic heterocycles. The minimum atomic E-state index is 0.0843. The van der Waals surface area contributed by atoms with Crippen molar-refractivity contribution in [3.63, 3.8) is 0 Å². The molecule has 1 aliphatic carbocycles. The van der Waals surface area contributed by atoms with E-state index in [1.165, 1.54) is 19.3 Å². The number of hydrogen-bond acceptors (Lipinski definition) is 2. The average Bonchev–Trinajstić information content (AvgIpc) is 1.97. The van der Waals surface area contributed by atoms with Gasteiger partial charge in [0.05, 0.1) is 0 Å². The maximum atomic E-state index is 5.70. The molecule has 1 aliphatic rings. The van der Waals surface area contributed by atoms with Gasteiger partial charge in [0.2, 0.25) is 0 Å². The molecule has 84 valence electrons. The van der Waals surface area contributed by atoms with E-state index in [1.807, 2.05) is 0 Å². The summed E-state index contributed by atoms with van der Waals surface area (Å²) >= 11 is 0. The molecular weight excluding hydrogens is 172 g/mol. The van der Waals surface area contributed by atoms with Crippen molar-refractivity contribution >= 4 is 0 Å². The minimum absolute atomic E-state index is 0.0843. The fraction of sp³-hybridized carbons (Fsp3) is 1.00. The third-order valence-corrected chi connectivity index (χ3v) is 3.74. The van der Waals surface area contributed by atoms with E-state index in [0.717, 1.165) is 12.5 Å². The normalized spacial score (nSPS) is 19.5. The van der Waals surface area contributed by atoms with Crippen molar-refractivity contribution in [3.05, 3.63) is 0 Å². The van der Waals surface area contributed by atoms with E-state index in [1.54, 1.807) is 0 Å². The highest BCUT2D eigenvalue weighted by Crippen LogP contribution is 2.41. The van der Waals surface area contributed by atoms with Crippen molar-refractivity contribution in [2.24, 2.45) is 17.1 Å². The van der Waals surface area contributed by atoms with Gasteiger partial charge in [0, 0.05) is 18.6 Å². The van der Waals surface area contributed by atoms with Crippen LogP contribution in [0.2, 0.25) is 0 Å². The van der Waals surface area contributed by atoms with Gasteiger partial charge in [-0.1, -0.05) is 20.3 Å². The zero-order valence-corrected chi connectivity index (χ0v) is 10.2. The summed E-state index contributed by atoms with van der Waals surface area (Å²) < 4.78 is 0. The average molecular weight is 198 g/mol. The first-order chi connectivity index (χ1) is 6.37. The molecule has 0 aromatic carbocycles. The lowest BCUT2D eigenvalue weighted by atomic mass is 9.67. The van der Waals surface area contributed by atoms with Crippen LogP contribution in [0.4, 0.5) is 0 Å². The summed E-state index contributed by atoms with van der Waals surface area (Å²) in [5.41, 5.74) is 6.22. The predicted molar refractivity (Wildman–Crippen MR) is 62.3 cm³/mol. The smallest absolute Gasteiger partial charge is 0.0247 e. The largest absolute Gasteiger partial charge is 0.329 e. The number of nitrogens with one attached hydrogen (secondary N) is 1. The van der Waals surface area contributed by atoms with E-state index in [4.69, 9.17) is 5.73 Å². The zero-order valence-electron chi connectivity index (χ0n) is 10.2. The summed E-state index contributed by atoms with van der Waals surface area (Å²) in [4.78, 5) is 0. The maximum Gasteiger partial charge on any atom is 0.0247 e. The molecule has 0 unspecified atom stereocenters. The van der Waals surface area contributed by atoms with Crippen molar-refractivity contribution in [3.8, 4) is 0 Å². The van der Waals surface area contributed by atoms with Crippen LogP contribution < -0.4 is 11.1 Å². The van der Waals surface area contributed by atoms with Gasteiger partial charge in [-0.3, -0.25) is 0 Å². The molecule has 0 bridgehead atoms. The Kier molecular flexibility index (Phi) is 3.59. The van der Waals surface area contributed by atoms with E-state index in [9.17, 15) is 0 Å². The van der Waals surface area contributed by atoms with Crippen LogP contribution in [0.25, 0.3) is 0 Å². The Bertz CT molecular complexity index is 181. The van der Waals surface area contributed by atoms with Crippen molar-refractivity contribution in [1.29, 1.82) is 0 Å². The molecule has 0 spiro atoms. The summed E-state index contributed by atoms with van der Waals surface area (Å²) in [7, 11) is 0. The quantitative estimate of drug-likeness (QED) is 0.710. The Morgan fingerprint density at radius 3 is 2.14 bits per heavy atom. The molecule has 0 atom stereocenters. The molecule has 1 fully saturated rings. The molecule has 0 saturated heterocycles. The second-order valence-corrected chi connectivity index (χ2v) is 6.06. The van der Waals surface area contributed by atoms with Crippen LogP contribution in [0.1, 0.15) is 47.0 Å². The maximum absolute atomic E-state index is 5.70. The second-order valence-electron chi connectivity index (χ2n) is 6.06. The van der Waals surface area contributed by atoms with Crippen LogP contribution in [-0.4, -0.2) is 18.6 Å². The SMILES string of the molecule is CC(C)(CN)NCC(C)(C)C1CCC1. The van der Waals surface area contributed by atoms with Gasteiger partial charge in [-0.2, -0.15) is 0 Å². The summed E-state index contributed by atoms with van der Waals surface area (Å²) in [5, 5.41) is 3.57. The molecule has 0 aromatic heterocycles. The summed E-state index contributed by atoms with van der Waals surface area (Å²) in [6.45, 7) is 10.9. The van der Waals surface area contributed by atoms with Crippen molar-refractivity contribution < 1.29 is 0 Å². The molecule has 0 heterocycles. The monoisotopic (exact) mass is 198 g/mol. The van der Waals surface area contributed by atoms with Crippen molar-refractivity contribution in [2.45, 2.75) is 52.5 Å². The van der Waals surface area contributed by atoms with E-state index in [2.05, 4.69) is 33.0 Å². The lowest BCUT2D eigenvalue weighted by molar-refractivity contribution is 0.109. The first kappa shape index (κ1) is 12.0. The Hall–Kier alpha value is -0.0800. The fourth-order valence-electron chi connectivity index (χ4n) is 1.87. The summed E-state index contributed by atoms with van der Waals surface area (Å²) in [6, 6.07) is 0. The topological polar surface area (TPSA) is 38.0 Å². The van der Waals surface area contributed by atoms with Crippen LogP contribution in [0.15, 0.2) is 0 Å². The third-order valence-electron chi connectivity index (χ3n) is 3.74.